The molecule has 0 aromatic heterocycles. The first kappa shape index (κ1) is 10.4. The molecule has 0 aromatic rings. The van der Waals surface area contributed by atoms with Crippen molar-refractivity contribution in [2.24, 2.45) is 5.29 Å². The third-order valence-electron chi connectivity index (χ3n) is 1.72. The van der Waals surface area contributed by atoms with Crippen LogP contribution in [0.1, 0.15) is 0 Å². The van der Waals surface area contributed by atoms with Crippen LogP contribution >= 0.6 is 0 Å². The molecule has 0 aliphatic carbocycles. The smallest absolute Gasteiger partial charge is 0.351 e. The van der Waals surface area contributed by atoms with Crippen molar-refractivity contribution in [3.05, 3.63) is 4.91 Å². The third-order valence-corrected chi connectivity index (χ3v) is 1.72. The van der Waals surface area contributed by atoms with Crippen LogP contribution in [0.5, 0.6) is 0 Å². The summed E-state index contributed by atoms with van der Waals surface area (Å²) in [5.41, 5.74) is 0. The van der Waals surface area contributed by atoms with Crippen molar-refractivity contribution in [3.63, 3.8) is 0 Å². The van der Waals surface area contributed by atoms with Crippen LogP contribution < -0.4 is 5.32 Å². The van der Waals surface area contributed by atoms with Gasteiger partial charge in [0.15, 0.2) is 0 Å². The molecular formula is C6H10N4O4. The number of nitrogens with zero attached hydrogens (tertiary/aromatic N) is 3. The second-order valence-electron chi connectivity index (χ2n) is 2.59. The Hall–Kier alpha value is -1.70. The van der Waals surface area contributed by atoms with Crippen molar-refractivity contribution >= 4 is 12.1 Å². The van der Waals surface area contributed by atoms with Crippen LogP contribution in [0.2, 0.25) is 0 Å². The number of carbonyl (C=O) groups is 2. The van der Waals surface area contributed by atoms with E-state index in [0.29, 0.717) is 5.01 Å². The quantitative estimate of drug-likeness (QED) is 0.579. The third kappa shape index (κ3) is 1.96. The molecule has 2 N–H and O–H groups in total. The predicted octanol–water partition coefficient (Wildman–Crippen LogP) is -0.893. The second-order valence-corrected chi connectivity index (χ2v) is 2.59. The average molecular weight is 202 g/mol. The molecule has 0 saturated carbocycles. The van der Waals surface area contributed by atoms with E-state index in [1.54, 1.807) is 0 Å². The molecule has 14 heavy (non-hydrogen) atoms. The molecule has 1 rings (SSSR count). The molecule has 78 valence electrons. The van der Waals surface area contributed by atoms with Gasteiger partial charge in [0.2, 0.25) is 0 Å². The van der Waals surface area contributed by atoms with Gasteiger partial charge in [-0.25, -0.2) is 14.5 Å². The minimum absolute atomic E-state index is 0.0666. The van der Waals surface area contributed by atoms with E-state index in [1.807, 2.05) is 0 Å². The van der Waals surface area contributed by atoms with E-state index in [2.05, 4.69) is 10.6 Å². The van der Waals surface area contributed by atoms with Crippen molar-refractivity contribution < 1.29 is 14.7 Å². The number of nitrogens with one attached hydrogen (secondary N) is 1. The highest BCUT2D eigenvalue weighted by atomic mass is 16.3. The molecule has 8 heteroatoms. The van der Waals surface area contributed by atoms with Crippen LogP contribution in [0, 0.1) is 4.91 Å². The zero-order chi connectivity index (χ0) is 10.6. The van der Waals surface area contributed by atoms with Gasteiger partial charge in [-0.15, -0.1) is 4.91 Å². The predicted molar refractivity (Wildman–Crippen MR) is 45.1 cm³/mol. The van der Waals surface area contributed by atoms with Crippen LogP contribution in [0.4, 0.5) is 9.59 Å². The molecule has 0 atom stereocenters. The van der Waals surface area contributed by atoms with Gasteiger partial charge >= 0.3 is 12.1 Å². The summed E-state index contributed by atoms with van der Waals surface area (Å²) in [5, 5.41) is 13.8. The van der Waals surface area contributed by atoms with Crippen LogP contribution in [-0.4, -0.2) is 53.3 Å². The number of aliphatic hydroxyl groups is 1. The number of nitroso groups, excluding NO2 is 1. The fourth-order valence-corrected chi connectivity index (χ4v) is 1.05. The Kier molecular flexibility index (Phi) is 3.35. The standard InChI is InChI=1S/C6H10N4O4/c11-4-1-7-5(12)9-2-3-10(8-14)6(9)13/h11H,1-4H2,(H,7,12). The Morgan fingerprint density at radius 2 is 2.29 bits per heavy atom. The molecule has 0 spiro atoms. The Morgan fingerprint density at radius 3 is 2.79 bits per heavy atom. The average Bonchev–Trinajstić information content (AvgIpc) is 2.56. The summed E-state index contributed by atoms with van der Waals surface area (Å²) in [5.74, 6) is 0. The number of urea groups is 2. The van der Waals surface area contributed by atoms with Gasteiger partial charge in [-0.2, -0.15) is 5.01 Å². The fraction of sp³-hybridized carbons (Fsp3) is 0.667. The first-order valence-electron chi connectivity index (χ1n) is 4.01. The molecule has 0 unspecified atom stereocenters. The summed E-state index contributed by atoms with van der Waals surface area (Å²) < 4.78 is 0. The highest BCUT2D eigenvalue weighted by Crippen LogP contribution is 2.08. The molecule has 4 amide bonds. The lowest BCUT2D eigenvalue weighted by molar-refractivity contribution is 0.183. The van der Waals surface area contributed by atoms with Crippen LogP contribution in [-0.2, 0) is 0 Å². The van der Waals surface area contributed by atoms with Gasteiger partial charge in [0, 0.05) is 6.54 Å². The summed E-state index contributed by atoms with van der Waals surface area (Å²) in [6, 6.07) is -1.37. The highest BCUT2D eigenvalue weighted by Gasteiger charge is 2.33. The van der Waals surface area contributed by atoms with Crippen molar-refractivity contribution in [1.82, 2.24) is 15.2 Å². The van der Waals surface area contributed by atoms with Crippen molar-refractivity contribution in [2.45, 2.75) is 0 Å². The number of hydrogen-bond acceptors (Lipinski definition) is 5. The van der Waals surface area contributed by atoms with Gasteiger partial charge in [0.1, 0.15) is 0 Å². The number of imide groups is 1. The summed E-state index contributed by atoms with van der Waals surface area (Å²) >= 11 is 0. The lowest BCUT2D eigenvalue weighted by Gasteiger charge is -2.12. The van der Waals surface area contributed by atoms with E-state index in [1.165, 1.54) is 0 Å². The zero-order valence-electron chi connectivity index (χ0n) is 7.34. The van der Waals surface area contributed by atoms with Gasteiger partial charge in [0.25, 0.3) is 0 Å². The minimum atomic E-state index is -0.740. The Balaban J connectivity index is 2.50. The van der Waals surface area contributed by atoms with E-state index >= 15 is 0 Å². The zero-order valence-corrected chi connectivity index (χ0v) is 7.34. The van der Waals surface area contributed by atoms with E-state index in [0.717, 1.165) is 4.90 Å². The van der Waals surface area contributed by atoms with Crippen LogP contribution in [0.3, 0.4) is 0 Å². The molecule has 1 heterocycles. The summed E-state index contributed by atoms with van der Waals surface area (Å²) in [6.45, 7) is 0.0945. The molecule has 1 fully saturated rings. The highest BCUT2D eigenvalue weighted by molar-refractivity contribution is 5.94. The normalized spacial score (nSPS) is 15.9. The summed E-state index contributed by atoms with van der Waals surface area (Å²) in [4.78, 5) is 33.3. The topological polar surface area (TPSA) is 102 Å². The van der Waals surface area contributed by atoms with Gasteiger partial charge in [-0.1, -0.05) is 0 Å². The number of carbonyl (C=O) groups excluding carboxylic acids is 2. The largest absolute Gasteiger partial charge is 0.395 e. The molecule has 0 radical (unpaired) electrons. The maximum absolute atomic E-state index is 11.2. The van der Waals surface area contributed by atoms with Crippen molar-refractivity contribution in [1.29, 1.82) is 0 Å². The lowest BCUT2D eigenvalue weighted by Crippen LogP contribution is -2.42. The minimum Gasteiger partial charge on any atom is -0.395 e. The Morgan fingerprint density at radius 1 is 1.57 bits per heavy atom. The van der Waals surface area contributed by atoms with Crippen LogP contribution in [0.15, 0.2) is 5.29 Å². The van der Waals surface area contributed by atoms with Crippen LogP contribution in [0.25, 0.3) is 0 Å². The second kappa shape index (κ2) is 4.51. The number of rotatable bonds is 3. The van der Waals surface area contributed by atoms with Gasteiger partial charge < -0.3 is 10.4 Å². The maximum Gasteiger partial charge on any atom is 0.351 e. The SMILES string of the molecule is O=NN1CCN(C(=O)NCCO)C1=O. The molecule has 1 saturated heterocycles. The molecule has 0 bridgehead atoms. The van der Waals surface area contributed by atoms with E-state index in [9.17, 15) is 14.5 Å². The van der Waals surface area contributed by atoms with E-state index in [-0.39, 0.29) is 26.2 Å². The molecule has 8 nitrogen and oxygen atoms in total. The summed E-state index contributed by atoms with van der Waals surface area (Å²) in [7, 11) is 0. The van der Waals surface area contributed by atoms with E-state index in [4.69, 9.17) is 5.11 Å². The molecule has 1 aliphatic heterocycles. The molecular weight excluding hydrogens is 192 g/mol. The monoisotopic (exact) mass is 202 g/mol. The maximum atomic E-state index is 11.2. The molecule has 1 aliphatic rings. The van der Waals surface area contributed by atoms with Crippen molar-refractivity contribution in [3.8, 4) is 0 Å². The van der Waals surface area contributed by atoms with Gasteiger partial charge in [-0.3, -0.25) is 0 Å². The number of aliphatic hydroxyl groups excluding tert-OH is 1. The fourth-order valence-electron chi connectivity index (χ4n) is 1.05. The first-order chi connectivity index (χ1) is 6.70. The van der Waals surface area contributed by atoms with Gasteiger partial charge in [0.05, 0.1) is 25.0 Å². The first-order valence-corrected chi connectivity index (χ1v) is 4.01. The summed E-state index contributed by atoms with van der Waals surface area (Å²) in [6.07, 6.45) is 0. The Bertz CT molecular complexity index is 256. The molecule has 0 aromatic carbocycles. The number of amides is 4. The van der Waals surface area contributed by atoms with Crippen molar-refractivity contribution in [2.75, 3.05) is 26.2 Å². The lowest BCUT2D eigenvalue weighted by atomic mass is 10.6. The van der Waals surface area contributed by atoms with Gasteiger partial charge in [-0.05, 0) is 0 Å². The number of hydrogen-bond donors (Lipinski definition) is 2. The Labute approximate surface area is 79.4 Å². The van der Waals surface area contributed by atoms with E-state index < -0.39 is 12.1 Å².